The van der Waals surface area contributed by atoms with Gasteiger partial charge in [0.1, 0.15) is 0 Å². The Hall–Kier alpha value is -0.320. The van der Waals surface area contributed by atoms with Crippen molar-refractivity contribution in [1.29, 1.82) is 0 Å². The van der Waals surface area contributed by atoms with Crippen molar-refractivity contribution in [2.45, 2.75) is 33.6 Å². The van der Waals surface area contributed by atoms with Crippen molar-refractivity contribution in [2.75, 3.05) is 17.8 Å². The van der Waals surface area contributed by atoms with E-state index in [1.807, 2.05) is 61.0 Å². The lowest BCUT2D eigenvalue weighted by molar-refractivity contribution is 0.104. The first-order valence-corrected chi connectivity index (χ1v) is 10.5. The highest BCUT2D eigenvalue weighted by molar-refractivity contribution is 8.23. The second kappa shape index (κ2) is 10.4. The summed E-state index contributed by atoms with van der Waals surface area (Å²) < 4.78 is 1.19. The zero-order valence-electron chi connectivity index (χ0n) is 13.3. The van der Waals surface area contributed by atoms with Crippen LogP contribution in [-0.4, -0.2) is 23.5 Å². The van der Waals surface area contributed by atoms with Crippen LogP contribution in [0.25, 0.3) is 0 Å². The summed E-state index contributed by atoms with van der Waals surface area (Å²) in [5.41, 5.74) is 1.97. The van der Waals surface area contributed by atoms with E-state index >= 15 is 0 Å². The molecule has 0 aliphatic carbocycles. The number of Topliss-reactive ketones (excluding diaryl/α,β-unsaturated/α-hetero) is 1. The van der Waals surface area contributed by atoms with Crippen molar-refractivity contribution in [3.8, 4) is 0 Å². The van der Waals surface area contributed by atoms with E-state index in [1.54, 1.807) is 11.8 Å². The predicted octanol–water partition coefficient (Wildman–Crippen LogP) is 6.00. The van der Waals surface area contributed by atoms with E-state index in [-0.39, 0.29) is 5.78 Å². The average Bonchev–Trinajstić information content (AvgIpc) is 2.50. The van der Waals surface area contributed by atoms with E-state index in [0.717, 1.165) is 34.8 Å². The molecule has 0 bridgehead atoms. The summed E-state index contributed by atoms with van der Waals surface area (Å²) >= 11 is 5.22. The van der Waals surface area contributed by atoms with Gasteiger partial charge in [0.2, 0.25) is 5.78 Å². The van der Waals surface area contributed by atoms with E-state index in [2.05, 4.69) is 13.8 Å². The minimum Gasteiger partial charge on any atom is -0.288 e. The maximum absolute atomic E-state index is 12.7. The van der Waals surface area contributed by atoms with Crippen LogP contribution in [0.1, 0.15) is 42.6 Å². The highest BCUT2D eigenvalue weighted by Crippen LogP contribution is 2.37. The highest BCUT2D eigenvalue weighted by Gasteiger charge is 2.17. The average molecular weight is 341 g/mol. The monoisotopic (exact) mass is 340 g/mol. The first-order valence-electron chi connectivity index (χ1n) is 7.29. The molecule has 0 radical (unpaired) electrons. The molecule has 0 saturated carbocycles. The molecule has 0 atom stereocenters. The molecule has 0 N–H and O–H groups in total. The number of aryl methyl sites for hydroxylation is 1. The Labute approximate surface area is 141 Å². The molecule has 1 aromatic carbocycles. The minimum absolute atomic E-state index is 0.157. The van der Waals surface area contributed by atoms with Crippen molar-refractivity contribution in [1.82, 2.24) is 0 Å². The molecule has 0 saturated heterocycles. The molecule has 0 unspecified atom stereocenters. The summed E-state index contributed by atoms with van der Waals surface area (Å²) in [5, 5.41) is 0. The molecule has 1 aromatic rings. The SMILES string of the molecule is CCCSC(SCCC)=C(SC)C(=O)c1ccc(C)cc1. The van der Waals surface area contributed by atoms with E-state index in [9.17, 15) is 4.79 Å². The van der Waals surface area contributed by atoms with E-state index in [1.165, 1.54) is 9.80 Å². The van der Waals surface area contributed by atoms with Crippen LogP contribution in [-0.2, 0) is 0 Å². The van der Waals surface area contributed by atoms with Gasteiger partial charge in [-0.15, -0.1) is 35.3 Å². The van der Waals surface area contributed by atoms with Gasteiger partial charge in [-0.1, -0.05) is 43.7 Å². The first-order chi connectivity index (χ1) is 10.1. The van der Waals surface area contributed by atoms with Crippen LogP contribution in [0.4, 0.5) is 0 Å². The van der Waals surface area contributed by atoms with Crippen LogP contribution in [0, 0.1) is 6.92 Å². The number of hydrogen-bond acceptors (Lipinski definition) is 4. The third-order valence-corrected chi connectivity index (χ3v) is 6.70. The lowest BCUT2D eigenvalue weighted by atomic mass is 10.1. The van der Waals surface area contributed by atoms with E-state index in [0.29, 0.717) is 0 Å². The van der Waals surface area contributed by atoms with Crippen LogP contribution in [0.2, 0.25) is 0 Å². The third-order valence-electron chi connectivity index (χ3n) is 2.78. The van der Waals surface area contributed by atoms with Crippen molar-refractivity contribution >= 4 is 41.1 Å². The van der Waals surface area contributed by atoms with Gasteiger partial charge in [0.15, 0.2) is 0 Å². The standard InChI is InChI=1S/C17H24OS3/c1-5-11-20-17(21-12-6-2)16(19-4)15(18)14-9-7-13(3)8-10-14/h7-10H,5-6,11-12H2,1-4H3. The maximum Gasteiger partial charge on any atom is 0.200 e. The molecule has 116 valence electrons. The number of ketones is 1. The van der Waals surface area contributed by atoms with Crippen LogP contribution >= 0.6 is 35.3 Å². The lowest BCUT2D eigenvalue weighted by Gasteiger charge is -2.12. The Morgan fingerprint density at radius 2 is 1.52 bits per heavy atom. The van der Waals surface area contributed by atoms with Crippen LogP contribution in [0.15, 0.2) is 33.4 Å². The smallest absolute Gasteiger partial charge is 0.200 e. The van der Waals surface area contributed by atoms with Crippen molar-refractivity contribution in [3.05, 3.63) is 44.5 Å². The third kappa shape index (κ3) is 6.13. The second-order valence-corrected chi connectivity index (χ2v) is 8.00. The van der Waals surface area contributed by atoms with Gasteiger partial charge in [-0.2, -0.15) is 0 Å². The number of carbonyl (C=O) groups is 1. The van der Waals surface area contributed by atoms with Gasteiger partial charge in [-0.3, -0.25) is 4.79 Å². The summed E-state index contributed by atoms with van der Waals surface area (Å²) in [4.78, 5) is 13.6. The van der Waals surface area contributed by atoms with Gasteiger partial charge in [0, 0.05) is 5.56 Å². The summed E-state index contributed by atoms with van der Waals surface area (Å²) in [6.07, 6.45) is 4.25. The number of thioether (sulfide) groups is 3. The Balaban J connectivity index is 3.04. The fraction of sp³-hybridized carbons (Fsp3) is 0.471. The van der Waals surface area contributed by atoms with Crippen LogP contribution < -0.4 is 0 Å². The molecule has 0 fully saturated rings. The van der Waals surface area contributed by atoms with E-state index in [4.69, 9.17) is 0 Å². The number of rotatable bonds is 9. The molecule has 1 rings (SSSR count). The van der Waals surface area contributed by atoms with Gasteiger partial charge in [0.25, 0.3) is 0 Å². The van der Waals surface area contributed by atoms with Crippen LogP contribution in [0.3, 0.4) is 0 Å². The normalized spacial score (nSPS) is 10.5. The fourth-order valence-corrected chi connectivity index (χ4v) is 5.05. The van der Waals surface area contributed by atoms with Gasteiger partial charge < -0.3 is 0 Å². The summed E-state index contributed by atoms with van der Waals surface area (Å²) in [5.74, 6) is 2.29. The molecule has 0 aliphatic heterocycles. The zero-order chi connectivity index (χ0) is 15.7. The maximum atomic E-state index is 12.7. The molecular weight excluding hydrogens is 316 g/mol. The molecule has 21 heavy (non-hydrogen) atoms. The van der Waals surface area contributed by atoms with Gasteiger partial charge in [-0.25, -0.2) is 0 Å². The molecule has 4 heteroatoms. The molecule has 0 spiro atoms. The fourth-order valence-electron chi connectivity index (χ4n) is 1.67. The number of benzene rings is 1. The quantitative estimate of drug-likeness (QED) is 0.405. The Morgan fingerprint density at radius 1 is 1.00 bits per heavy atom. The van der Waals surface area contributed by atoms with Crippen LogP contribution in [0.5, 0.6) is 0 Å². The molecular formula is C17H24OS3. The van der Waals surface area contributed by atoms with Crippen molar-refractivity contribution in [3.63, 3.8) is 0 Å². The lowest BCUT2D eigenvalue weighted by Crippen LogP contribution is -2.03. The first kappa shape index (κ1) is 18.7. The second-order valence-electron chi connectivity index (χ2n) is 4.71. The number of allylic oxidation sites excluding steroid dienone is 1. The number of carbonyl (C=O) groups excluding carboxylic acids is 1. The largest absolute Gasteiger partial charge is 0.288 e. The van der Waals surface area contributed by atoms with E-state index < -0.39 is 0 Å². The Morgan fingerprint density at radius 3 is 1.95 bits per heavy atom. The van der Waals surface area contributed by atoms with Crippen molar-refractivity contribution in [2.24, 2.45) is 0 Å². The summed E-state index contributed by atoms with van der Waals surface area (Å²) in [7, 11) is 0. The topological polar surface area (TPSA) is 17.1 Å². The summed E-state index contributed by atoms with van der Waals surface area (Å²) in [6, 6.07) is 7.87. The Bertz CT molecular complexity index is 467. The molecule has 0 heterocycles. The minimum atomic E-state index is 0.157. The number of hydrogen-bond donors (Lipinski definition) is 0. The molecule has 0 aliphatic rings. The van der Waals surface area contributed by atoms with Crippen molar-refractivity contribution < 1.29 is 4.79 Å². The van der Waals surface area contributed by atoms with Gasteiger partial charge in [-0.05, 0) is 37.5 Å². The summed E-state index contributed by atoms with van der Waals surface area (Å²) in [6.45, 7) is 6.39. The molecule has 0 amide bonds. The predicted molar refractivity (Wildman–Crippen MR) is 102 cm³/mol. The molecule has 1 nitrogen and oxygen atoms in total. The highest BCUT2D eigenvalue weighted by atomic mass is 32.2. The Kier molecular flexibility index (Phi) is 9.29. The molecule has 0 aromatic heterocycles. The van der Waals surface area contributed by atoms with Gasteiger partial charge >= 0.3 is 0 Å². The van der Waals surface area contributed by atoms with Gasteiger partial charge in [0.05, 0.1) is 9.14 Å². The zero-order valence-corrected chi connectivity index (χ0v) is 15.7.